The molecular weight excluding hydrogens is 442 g/mol. The topological polar surface area (TPSA) is 102 Å². The number of aliphatic hydroxyl groups excluding tert-OH is 1. The van der Waals surface area contributed by atoms with Crippen LogP contribution >= 0.6 is 11.3 Å². The molecule has 9 heteroatoms. The summed E-state index contributed by atoms with van der Waals surface area (Å²) in [6, 6.07) is 12.8. The van der Waals surface area contributed by atoms with E-state index >= 15 is 0 Å². The molecule has 1 aliphatic heterocycles. The van der Waals surface area contributed by atoms with Gasteiger partial charge in [0.15, 0.2) is 0 Å². The number of aliphatic hydroxyl groups is 1. The van der Waals surface area contributed by atoms with Gasteiger partial charge in [0, 0.05) is 5.56 Å². The predicted molar refractivity (Wildman–Crippen MR) is 125 cm³/mol. The maximum absolute atomic E-state index is 13.1. The highest BCUT2D eigenvalue weighted by Crippen LogP contribution is 2.43. The molecular formula is C24H23N3O5S. The van der Waals surface area contributed by atoms with Gasteiger partial charge in [0.05, 0.1) is 24.8 Å². The number of methoxy groups -OCH3 is 1. The lowest BCUT2D eigenvalue weighted by atomic mass is 9.95. The van der Waals surface area contributed by atoms with E-state index in [0.29, 0.717) is 27.6 Å². The number of aryl methyl sites for hydroxylation is 1. The minimum Gasteiger partial charge on any atom is -0.507 e. The Kier molecular flexibility index (Phi) is 6.15. The van der Waals surface area contributed by atoms with E-state index in [1.54, 1.807) is 62.6 Å². The van der Waals surface area contributed by atoms with Gasteiger partial charge < -0.3 is 14.6 Å². The number of hydrogen-bond acceptors (Lipinski definition) is 8. The molecule has 3 aromatic rings. The minimum absolute atomic E-state index is 0.000190. The summed E-state index contributed by atoms with van der Waals surface area (Å²) in [5.74, 6) is -0.563. The molecule has 0 unspecified atom stereocenters. The van der Waals surface area contributed by atoms with Crippen molar-refractivity contribution < 1.29 is 24.2 Å². The van der Waals surface area contributed by atoms with Crippen molar-refractivity contribution in [3.63, 3.8) is 0 Å². The average Bonchev–Trinajstić information content (AvgIpc) is 3.34. The number of amides is 1. The van der Waals surface area contributed by atoms with E-state index in [4.69, 9.17) is 9.47 Å². The van der Waals surface area contributed by atoms with Crippen molar-refractivity contribution in [1.82, 2.24) is 10.2 Å². The van der Waals surface area contributed by atoms with Crippen molar-refractivity contribution in [3.8, 4) is 11.5 Å². The molecule has 0 aliphatic carbocycles. The van der Waals surface area contributed by atoms with Crippen molar-refractivity contribution in [1.29, 1.82) is 0 Å². The highest BCUT2D eigenvalue weighted by molar-refractivity contribution is 7.15. The zero-order valence-electron chi connectivity index (χ0n) is 18.6. The van der Waals surface area contributed by atoms with Gasteiger partial charge in [-0.15, -0.1) is 10.2 Å². The normalized spacial score (nSPS) is 17.6. The maximum atomic E-state index is 13.1. The van der Waals surface area contributed by atoms with Crippen molar-refractivity contribution in [2.45, 2.75) is 32.9 Å². The Morgan fingerprint density at radius 3 is 2.21 bits per heavy atom. The van der Waals surface area contributed by atoms with Gasteiger partial charge in [-0.25, -0.2) is 0 Å². The van der Waals surface area contributed by atoms with E-state index in [1.807, 2.05) is 13.8 Å². The molecule has 0 radical (unpaired) electrons. The number of ketones is 1. The fourth-order valence-corrected chi connectivity index (χ4v) is 4.35. The summed E-state index contributed by atoms with van der Waals surface area (Å²) < 4.78 is 10.9. The average molecular weight is 466 g/mol. The Labute approximate surface area is 195 Å². The molecule has 1 fully saturated rings. The number of carbonyl (C=O) groups excluding carboxylic acids is 2. The van der Waals surface area contributed by atoms with Crippen molar-refractivity contribution in [3.05, 3.63) is 70.2 Å². The van der Waals surface area contributed by atoms with E-state index in [2.05, 4.69) is 10.2 Å². The lowest BCUT2D eigenvalue weighted by molar-refractivity contribution is -0.132. The fraction of sp³-hybridized carbons (Fsp3) is 0.250. The van der Waals surface area contributed by atoms with Crippen LogP contribution in [-0.4, -0.2) is 40.2 Å². The molecule has 0 bridgehead atoms. The number of hydrogen-bond donors (Lipinski definition) is 1. The van der Waals surface area contributed by atoms with Crippen LogP contribution in [0.5, 0.6) is 11.5 Å². The summed E-state index contributed by atoms with van der Waals surface area (Å²) in [7, 11) is 1.55. The summed E-state index contributed by atoms with van der Waals surface area (Å²) in [4.78, 5) is 27.5. The van der Waals surface area contributed by atoms with Gasteiger partial charge in [0.2, 0.25) is 5.13 Å². The third kappa shape index (κ3) is 4.31. The standard InChI is InChI=1S/C24H23N3O5S/c1-13(2)32-18-11-7-16(8-12-18)21(28)19-20(15-5-9-17(31-4)10-6-15)27(23(30)22(19)29)24-26-25-14(3)33-24/h5-13,20,28H,1-4H3/t20-/m0/s1. The number of Topliss-reactive ketones (excluding diaryl/α,β-unsaturated/α-hetero) is 1. The lowest BCUT2D eigenvalue weighted by Gasteiger charge is -2.22. The van der Waals surface area contributed by atoms with Gasteiger partial charge in [-0.1, -0.05) is 23.5 Å². The summed E-state index contributed by atoms with van der Waals surface area (Å²) in [5.41, 5.74) is 1.01. The van der Waals surface area contributed by atoms with Crippen molar-refractivity contribution >= 4 is 33.9 Å². The molecule has 1 N–H and O–H groups in total. The number of aromatic nitrogens is 2. The summed E-state index contributed by atoms with van der Waals surface area (Å²) in [6.45, 7) is 5.60. The van der Waals surface area contributed by atoms with E-state index in [9.17, 15) is 14.7 Å². The third-order valence-corrected chi connectivity index (χ3v) is 5.93. The van der Waals surface area contributed by atoms with Crippen LogP contribution in [0.1, 0.15) is 36.0 Å². The second-order valence-electron chi connectivity index (χ2n) is 7.74. The second kappa shape index (κ2) is 9.03. The van der Waals surface area contributed by atoms with Gasteiger partial charge in [-0.2, -0.15) is 0 Å². The third-order valence-electron chi connectivity index (χ3n) is 5.10. The summed E-state index contributed by atoms with van der Waals surface area (Å²) in [5, 5.41) is 20.2. The van der Waals surface area contributed by atoms with Crippen LogP contribution in [-0.2, 0) is 9.59 Å². The molecule has 1 aliphatic rings. The SMILES string of the molecule is COc1ccc([C@H]2C(=C(O)c3ccc(OC(C)C)cc3)C(=O)C(=O)N2c2nnc(C)s2)cc1. The first-order chi connectivity index (χ1) is 15.8. The molecule has 0 saturated carbocycles. The Balaban J connectivity index is 1.84. The van der Waals surface area contributed by atoms with Crippen LogP contribution < -0.4 is 14.4 Å². The molecule has 8 nitrogen and oxygen atoms in total. The van der Waals surface area contributed by atoms with Crippen molar-refractivity contribution in [2.75, 3.05) is 12.0 Å². The molecule has 4 rings (SSSR count). The number of ether oxygens (including phenoxy) is 2. The smallest absolute Gasteiger partial charge is 0.301 e. The fourth-order valence-electron chi connectivity index (χ4n) is 3.63. The summed E-state index contributed by atoms with van der Waals surface area (Å²) in [6.07, 6.45) is 0.000190. The van der Waals surface area contributed by atoms with E-state index in [0.717, 1.165) is 0 Å². The highest BCUT2D eigenvalue weighted by Gasteiger charge is 2.48. The number of anilines is 1. The van der Waals surface area contributed by atoms with E-state index in [-0.39, 0.29) is 22.6 Å². The molecule has 1 saturated heterocycles. The molecule has 1 amide bonds. The Bertz CT molecular complexity index is 1220. The van der Waals surface area contributed by atoms with Crippen LogP contribution in [0.4, 0.5) is 5.13 Å². The number of benzene rings is 2. The predicted octanol–water partition coefficient (Wildman–Crippen LogP) is 4.27. The van der Waals surface area contributed by atoms with Gasteiger partial charge in [-0.05, 0) is 62.7 Å². The number of carbonyl (C=O) groups is 2. The zero-order valence-corrected chi connectivity index (χ0v) is 19.4. The largest absolute Gasteiger partial charge is 0.507 e. The molecule has 0 spiro atoms. The Morgan fingerprint density at radius 2 is 1.67 bits per heavy atom. The van der Waals surface area contributed by atoms with E-state index < -0.39 is 17.7 Å². The van der Waals surface area contributed by atoms with Crippen LogP contribution in [0.25, 0.3) is 5.76 Å². The van der Waals surface area contributed by atoms with Crippen LogP contribution in [0, 0.1) is 6.92 Å². The number of nitrogens with zero attached hydrogens (tertiary/aromatic N) is 3. The van der Waals surface area contributed by atoms with E-state index in [1.165, 1.54) is 16.2 Å². The minimum atomic E-state index is -0.866. The molecule has 1 aromatic heterocycles. The van der Waals surface area contributed by atoms with Gasteiger partial charge in [-0.3, -0.25) is 14.5 Å². The first-order valence-corrected chi connectivity index (χ1v) is 11.1. The van der Waals surface area contributed by atoms with Crippen LogP contribution in [0.15, 0.2) is 54.1 Å². The quantitative estimate of drug-likeness (QED) is 0.329. The van der Waals surface area contributed by atoms with Gasteiger partial charge in [0.1, 0.15) is 22.3 Å². The molecule has 33 heavy (non-hydrogen) atoms. The highest BCUT2D eigenvalue weighted by atomic mass is 32.1. The zero-order chi connectivity index (χ0) is 23.7. The first-order valence-electron chi connectivity index (χ1n) is 10.3. The molecule has 1 atom stereocenters. The molecule has 2 aromatic carbocycles. The molecule has 2 heterocycles. The van der Waals surface area contributed by atoms with Crippen LogP contribution in [0.3, 0.4) is 0 Å². The van der Waals surface area contributed by atoms with Gasteiger partial charge in [0.25, 0.3) is 5.78 Å². The second-order valence-corrected chi connectivity index (χ2v) is 8.90. The molecule has 170 valence electrons. The summed E-state index contributed by atoms with van der Waals surface area (Å²) >= 11 is 1.20. The maximum Gasteiger partial charge on any atom is 0.301 e. The first kappa shape index (κ1) is 22.5. The van der Waals surface area contributed by atoms with Crippen LogP contribution in [0.2, 0.25) is 0 Å². The Morgan fingerprint density at radius 1 is 1.03 bits per heavy atom. The number of rotatable bonds is 6. The van der Waals surface area contributed by atoms with Gasteiger partial charge >= 0.3 is 5.91 Å². The lowest BCUT2D eigenvalue weighted by Crippen LogP contribution is -2.29. The van der Waals surface area contributed by atoms with Crippen molar-refractivity contribution in [2.24, 2.45) is 0 Å². The monoisotopic (exact) mass is 465 g/mol. The Hall–Kier alpha value is -3.72.